The molecule has 0 unspecified atom stereocenters. The fourth-order valence-electron chi connectivity index (χ4n) is 2.50. The summed E-state index contributed by atoms with van der Waals surface area (Å²) in [5.41, 5.74) is 2.36. The molecule has 1 amide bonds. The first kappa shape index (κ1) is 14.5. The van der Waals surface area contributed by atoms with Gasteiger partial charge in [-0.25, -0.2) is 0 Å². The van der Waals surface area contributed by atoms with E-state index < -0.39 is 0 Å². The third kappa shape index (κ3) is 2.80. The highest BCUT2D eigenvalue weighted by molar-refractivity contribution is 5.92. The highest BCUT2D eigenvalue weighted by Gasteiger charge is 2.28. The zero-order valence-corrected chi connectivity index (χ0v) is 12.7. The van der Waals surface area contributed by atoms with Gasteiger partial charge in [0.05, 0.1) is 30.7 Å². The van der Waals surface area contributed by atoms with Gasteiger partial charge in [-0.1, -0.05) is 0 Å². The number of carbonyl (C=O) groups is 1. The Balaban J connectivity index is 1.73. The summed E-state index contributed by atoms with van der Waals surface area (Å²) in [4.78, 5) is 18.7. The number of nitrogens with zero attached hydrogens (tertiary/aromatic N) is 4. The second-order valence-electron chi connectivity index (χ2n) is 5.17. The average Bonchev–Trinajstić information content (AvgIpc) is 3.00. The first-order valence-corrected chi connectivity index (χ1v) is 7.21. The van der Waals surface area contributed by atoms with Crippen molar-refractivity contribution >= 4 is 11.6 Å². The van der Waals surface area contributed by atoms with Crippen LogP contribution in [0.25, 0.3) is 0 Å². The molecule has 1 saturated heterocycles. The predicted octanol–water partition coefficient (Wildman–Crippen LogP) is 1.07. The molecule has 7 heteroatoms. The number of hydrogen-bond acceptors (Lipinski definition) is 5. The van der Waals surface area contributed by atoms with Gasteiger partial charge in [0.2, 0.25) is 0 Å². The van der Waals surface area contributed by atoms with E-state index in [4.69, 9.17) is 4.74 Å². The van der Waals surface area contributed by atoms with Crippen molar-refractivity contribution in [2.45, 2.75) is 6.10 Å². The normalized spacial score (nSPS) is 18.3. The van der Waals surface area contributed by atoms with E-state index >= 15 is 0 Å². The van der Waals surface area contributed by atoms with Crippen molar-refractivity contribution in [3.63, 3.8) is 0 Å². The predicted molar refractivity (Wildman–Crippen MR) is 81.6 cm³/mol. The lowest BCUT2D eigenvalue weighted by Crippen LogP contribution is -2.43. The SMILES string of the molecule is CNc1ccc([C@H]2CN(C(=O)c3ccnn3C)CCO2)nc1. The molecule has 2 aromatic heterocycles. The molecule has 0 bridgehead atoms. The monoisotopic (exact) mass is 301 g/mol. The van der Waals surface area contributed by atoms with Crippen LogP contribution in [0.1, 0.15) is 22.3 Å². The minimum Gasteiger partial charge on any atom is -0.387 e. The molecule has 1 atom stereocenters. The number of rotatable bonds is 3. The van der Waals surface area contributed by atoms with Gasteiger partial charge in [0.25, 0.3) is 5.91 Å². The standard InChI is InChI=1S/C15H19N5O2/c1-16-11-3-4-12(17-9-11)14-10-20(7-8-22-14)15(21)13-5-6-18-19(13)2/h3-6,9,14,16H,7-8,10H2,1-2H3/t14-/m1/s1. The molecule has 0 saturated carbocycles. The van der Waals surface area contributed by atoms with Crippen molar-refractivity contribution in [2.24, 2.45) is 7.05 Å². The van der Waals surface area contributed by atoms with E-state index in [0.717, 1.165) is 11.4 Å². The summed E-state index contributed by atoms with van der Waals surface area (Å²) >= 11 is 0. The summed E-state index contributed by atoms with van der Waals surface area (Å²) in [5, 5.41) is 7.08. The largest absolute Gasteiger partial charge is 0.387 e. The molecule has 0 aliphatic carbocycles. The number of hydrogen-bond donors (Lipinski definition) is 1. The first-order valence-electron chi connectivity index (χ1n) is 7.21. The number of aromatic nitrogens is 3. The highest BCUT2D eigenvalue weighted by atomic mass is 16.5. The number of carbonyl (C=O) groups excluding carboxylic acids is 1. The van der Waals surface area contributed by atoms with Crippen LogP contribution in [-0.4, -0.2) is 52.3 Å². The van der Waals surface area contributed by atoms with Gasteiger partial charge in [-0.3, -0.25) is 14.5 Å². The molecule has 7 nitrogen and oxygen atoms in total. The minimum atomic E-state index is -0.197. The molecular weight excluding hydrogens is 282 g/mol. The van der Waals surface area contributed by atoms with Crippen molar-refractivity contribution in [2.75, 3.05) is 32.1 Å². The fourth-order valence-corrected chi connectivity index (χ4v) is 2.50. The molecule has 116 valence electrons. The van der Waals surface area contributed by atoms with E-state index in [1.165, 1.54) is 0 Å². The molecule has 1 aliphatic rings. The molecule has 22 heavy (non-hydrogen) atoms. The van der Waals surface area contributed by atoms with Gasteiger partial charge < -0.3 is 15.0 Å². The van der Waals surface area contributed by atoms with Crippen LogP contribution in [0, 0.1) is 0 Å². The first-order chi connectivity index (χ1) is 10.7. The van der Waals surface area contributed by atoms with Crippen LogP contribution < -0.4 is 5.32 Å². The molecule has 0 aromatic carbocycles. The van der Waals surface area contributed by atoms with Crippen LogP contribution in [-0.2, 0) is 11.8 Å². The molecule has 3 heterocycles. The quantitative estimate of drug-likeness (QED) is 0.918. The van der Waals surface area contributed by atoms with E-state index in [9.17, 15) is 4.79 Å². The molecule has 0 spiro atoms. The maximum atomic E-state index is 12.5. The zero-order chi connectivity index (χ0) is 15.5. The third-order valence-electron chi connectivity index (χ3n) is 3.80. The highest BCUT2D eigenvalue weighted by Crippen LogP contribution is 2.22. The van der Waals surface area contributed by atoms with Crippen molar-refractivity contribution in [1.29, 1.82) is 0 Å². The lowest BCUT2D eigenvalue weighted by atomic mass is 10.1. The van der Waals surface area contributed by atoms with E-state index in [2.05, 4.69) is 15.4 Å². The minimum absolute atomic E-state index is 0.0276. The lowest BCUT2D eigenvalue weighted by molar-refractivity contribution is -0.0250. The lowest BCUT2D eigenvalue weighted by Gasteiger charge is -2.32. The summed E-state index contributed by atoms with van der Waals surface area (Å²) < 4.78 is 7.36. The topological polar surface area (TPSA) is 72.3 Å². The maximum absolute atomic E-state index is 12.5. The van der Waals surface area contributed by atoms with Crippen LogP contribution >= 0.6 is 0 Å². The molecule has 3 rings (SSSR count). The number of pyridine rings is 1. The Kier molecular flexibility index (Phi) is 4.06. The Labute approximate surface area is 128 Å². The number of amides is 1. The molecule has 2 aromatic rings. The second-order valence-corrected chi connectivity index (χ2v) is 5.17. The van der Waals surface area contributed by atoms with Crippen molar-refractivity contribution in [3.8, 4) is 0 Å². The Morgan fingerprint density at radius 2 is 2.27 bits per heavy atom. The van der Waals surface area contributed by atoms with Crippen LogP contribution in [0.5, 0.6) is 0 Å². The van der Waals surface area contributed by atoms with Crippen LogP contribution in [0.15, 0.2) is 30.6 Å². The number of anilines is 1. The van der Waals surface area contributed by atoms with Gasteiger partial charge in [0.15, 0.2) is 0 Å². The van der Waals surface area contributed by atoms with Gasteiger partial charge >= 0.3 is 0 Å². The Morgan fingerprint density at radius 1 is 1.41 bits per heavy atom. The molecule has 1 aliphatic heterocycles. The summed E-state index contributed by atoms with van der Waals surface area (Å²) in [5.74, 6) is -0.0276. The number of ether oxygens (including phenoxy) is 1. The molecule has 1 fully saturated rings. The Bertz CT molecular complexity index is 652. The van der Waals surface area contributed by atoms with Gasteiger partial charge in [-0.05, 0) is 18.2 Å². The van der Waals surface area contributed by atoms with Crippen LogP contribution in [0.4, 0.5) is 5.69 Å². The average molecular weight is 301 g/mol. The number of aryl methyl sites for hydroxylation is 1. The molecule has 1 N–H and O–H groups in total. The molecule has 0 radical (unpaired) electrons. The van der Waals surface area contributed by atoms with Gasteiger partial charge in [0, 0.05) is 26.8 Å². The van der Waals surface area contributed by atoms with E-state index in [0.29, 0.717) is 25.4 Å². The van der Waals surface area contributed by atoms with E-state index in [1.807, 2.05) is 19.2 Å². The summed E-state index contributed by atoms with van der Waals surface area (Å²) in [6.45, 7) is 1.58. The van der Waals surface area contributed by atoms with Crippen LogP contribution in [0.3, 0.4) is 0 Å². The van der Waals surface area contributed by atoms with E-state index in [1.54, 1.807) is 35.1 Å². The van der Waals surface area contributed by atoms with Crippen molar-refractivity contribution in [3.05, 3.63) is 42.0 Å². The molecular formula is C15H19N5O2. The second kappa shape index (κ2) is 6.15. The smallest absolute Gasteiger partial charge is 0.272 e. The zero-order valence-electron chi connectivity index (χ0n) is 12.7. The summed E-state index contributed by atoms with van der Waals surface area (Å²) in [6.07, 6.45) is 3.20. The fraction of sp³-hybridized carbons (Fsp3) is 0.400. The van der Waals surface area contributed by atoms with Crippen molar-refractivity contribution < 1.29 is 9.53 Å². The maximum Gasteiger partial charge on any atom is 0.272 e. The van der Waals surface area contributed by atoms with Crippen LogP contribution in [0.2, 0.25) is 0 Å². The van der Waals surface area contributed by atoms with Gasteiger partial charge in [-0.2, -0.15) is 5.10 Å². The third-order valence-corrected chi connectivity index (χ3v) is 3.80. The Hall–Kier alpha value is -2.41. The summed E-state index contributed by atoms with van der Waals surface area (Å²) in [7, 11) is 3.62. The number of nitrogens with one attached hydrogen (secondary N) is 1. The van der Waals surface area contributed by atoms with Gasteiger partial charge in [0.1, 0.15) is 11.8 Å². The Morgan fingerprint density at radius 3 is 2.91 bits per heavy atom. The number of morpholine rings is 1. The van der Waals surface area contributed by atoms with E-state index in [-0.39, 0.29) is 12.0 Å². The van der Waals surface area contributed by atoms with Gasteiger partial charge in [-0.15, -0.1) is 0 Å². The summed E-state index contributed by atoms with van der Waals surface area (Å²) in [6, 6.07) is 5.61. The van der Waals surface area contributed by atoms with Crippen molar-refractivity contribution in [1.82, 2.24) is 19.7 Å².